The van der Waals surface area contributed by atoms with Gasteiger partial charge in [-0.3, -0.25) is 0 Å². The molecule has 20 heavy (non-hydrogen) atoms. The van der Waals surface area contributed by atoms with E-state index in [2.05, 4.69) is 9.53 Å². The number of aromatic nitrogens is 2. The molecule has 0 radical (unpaired) electrons. The molecule has 2 heterocycles. The highest BCUT2D eigenvalue weighted by Crippen LogP contribution is 2.27. The zero-order chi connectivity index (χ0) is 14.9. The van der Waals surface area contributed by atoms with Crippen molar-refractivity contribution in [3.05, 3.63) is 16.7 Å². The van der Waals surface area contributed by atoms with E-state index in [-0.39, 0.29) is 23.0 Å². The van der Waals surface area contributed by atoms with Gasteiger partial charge in [-0.05, 0) is 18.5 Å². The van der Waals surface area contributed by atoms with E-state index < -0.39 is 10.0 Å². The van der Waals surface area contributed by atoms with Crippen molar-refractivity contribution in [2.24, 2.45) is 0 Å². The zero-order valence-electron chi connectivity index (χ0n) is 11.2. The van der Waals surface area contributed by atoms with Gasteiger partial charge in [-0.25, -0.2) is 8.42 Å². The van der Waals surface area contributed by atoms with Crippen LogP contribution in [0.4, 0.5) is 5.82 Å². The molecule has 8 nitrogen and oxygen atoms in total. The summed E-state index contributed by atoms with van der Waals surface area (Å²) in [6.45, 7) is 1.61. The van der Waals surface area contributed by atoms with Crippen LogP contribution in [-0.4, -0.2) is 36.4 Å². The number of anilines is 1. The molecular formula is C10H14N4O4S2. The van der Waals surface area contributed by atoms with Crippen LogP contribution in [0.5, 0.6) is 5.88 Å². The predicted octanol–water partition coefficient (Wildman–Crippen LogP) is 0.851. The molecule has 0 atom stereocenters. The second kappa shape index (κ2) is 5.38. The Labute approximate surface area is 120 Å². The fourth-order valence-corrected chi connectivity index (χ4v) is 3.66. The van der Waals surface area contributed by atoms with Crippen LogP contribution in [0.2, 0.25) is 0 Å². The van der Waals surface area contributed by atoms with Gasteiger partial charge in [-0.15, -0.1) is 0 Å². The first-order valence-electron chi connectivity index (χ1n) is 5.53. The number of methoxy groups -OCH3 is 1. The fourth-order valence-electron chi connectivity index (χ4n) is 1.70. The van der Waals surface area contributed by atoms with E-state index >= 15 is 0 Å². The molecule has 0 aliphatic heterocycles. The predicted molar refractivity (Wildman–Crippen MR) is 73.0 cm³/mol. The fraction of sp³-hybridized carbons (Fsp3) is 0.400. The van der Waals surface area contributed by atoms with Gasteiger partial charge in [0.2, 0.25) is 15.9 Å². The second-order valence-electron chi connectivity index (χ2n) is 4.06. The van der Waals surface area contributed by atoms with E-state index in [1.807, 2.05) is 0 Å². The number of aryl methyl sites for hydroxylation is 1. The Morgan fingerprint density at radius 2 is 2.25 bits per heavy atom. The van der Waals surface area contributed by atoms with Crippen LogP contribution in [0, 0.1) is 6.92 Å². The smallest absolute Gasteiger partial charge is 0.250 e. The Morgan fingerprint density at radius 1 is 1.55 bits per heavy atom. The van der Waals surface area contributed by atoms with Crippen molar-refractivity contribution in [2.75, 3.05) is 19.9 Å². The monoisotopic (exact) mass is 318 g/mol. The Kier molecular flexibility index (Phi) is 3.97. The van der Waals surface area contributed by atoms with Gasteiger partial charge in [-0.2, -0.15) is 8.68 Å². The van der Waals surface area contributed by atoms with E-state index in [1.165, 1.54) is 32.6 Å². The van der Waals surface area contributed by atoms with E-state index in [9.17, 15) is 8.42 Å². The molecule has 0 spiro atoms. The van der Waals surface area contributed by atoms with Gasteiger partial charge < -0.3 is 15.0 Å². The summed E-state index contributed by atoms with van der Waals surface area (Å²) in [7, 11) is -0.861. The van der Waals surface area contributed by atoms with Gasteiger partial charge in [-0.1, -0.05) is 5.16 Å². The molecule has 2 rings (SSSR count). The molecule has 0 unspecified atom stereocenters. The summed E-state index contributed by atoms with van der Waals surface area (Å²) < 4.78 is 39.9. The minimum absolute atomic E-state index is 0.109. The summed E-state index contributed by atoms with van der Waals surface area (Å²) >= 11 is 1.20. The highest BCUT2D eigenvalue weighted by molar-refractivity contribution is 7.89. The number of nitrogen functional groups attached to an aromatic ring is 1. The highest BCUT2D eigenvalue weighted by Gasteiger charge is 2.30. The third-order valence-corrected chi connectivity index (χ3v) is 5.32. The first-order valence-corrected chi connectivity index (χ1v) is 7.81. The van der Waals surface area contributed by atoms with Gasteiger partial charge in [0.05, 0.1) is 7.11 Å². The zero-order valence-corrected chi connectivity index (χ0v) is 12.8. The Balaban J connectivity index is 2.31. The summed E-state index contributed by atoms with van der Waals surface area (Å²) in [4.78, 5) is -0.109. The summed E-state index contributed by atoms with van der Waals surface area (Å²) in [6.07, 6.45) is 0. The van der Waals surface area contributed by atoms with E-state index in [4.69, 9.17) is 15.0 Å². The molecule has 0 amide bonds. The Morgan fingerprint density at radius 3 is 2.80 bits per heavy atom. The van der Waals surface area contributed by atoms with Gasteiger partial charge in [0.15, 0.2) is 16.5 Å². The molecule has 0 aliphatic carbocycles. The lowest BCUT2D eigenvalue weighted by atomic mass is 10.3. The van der Waals surface area contributed by atoms with E-state index in [1.54, 1.807) is 5.38 Å². The number of nitrogens with two attached hydrogens (primary N) is 1. The van der Waals surface area contributed by atoms with Crippen LogP contribution in [0.15, 0.2) is 14.8 Å². The summed E-state index contributed by atoms with van der Waals surface area (Å²) in [5.41, 5.74) is 6.23. The van der Waals surface area contributed by atoms with Crippen molar-refractivity contribution < 1.29 is 17.7 Å². The lowest BCUT2D eigenvalue weighted by Gasteiger charge is -2.16. The van der Waals surface area contributed by atoms with Crippen LogP contribution >= 0.6 is 11.5 Å². The van der Waals surface area contributed by atoms with E-state index in [0.29, 0.717) is 11.4 Å². The summed E-state index contributed by atoms with van der Waals surface area (Å²) in [5, 5.41) is 5.19. The standard InChI is InChI=1S/C10H14N4O4S2/c1-6-8(9(11)12-18-6)20(15,16)14(2)4-7-5-19-13-10(7)17-3/h5H,4H2,1-3H3,(H2,11,12). The van der Waals surface area contributed by atoms with E-state index in [0.717, 1.165) is 4.31 Å². The van der Waals surface area contributed by atoms with Crippen molar-refractivity contribution in [2.45, 2.75) is 18.4 Å². The molecule has 0 aliphatic rings. The Hall–Kier alpha value is -1.65. The quantitative estimate of drug-likeness (QED) is 0.869. The van der Waals surface area contributed by atoms with Crippen molar-refractivity contribution in [1.29, 1.82) is 0 Å². The average Bonchev–Trinajstić information content (AvgIpc) is 2.96. The third-order valence-electron chi connectivity index (χ3n) is 2.69. The van der Waals surface area contributed by atoms with Crippen molar-refractivity contribution in [3.63, 3.8) is 0 Å². The molecule has 2 aromatic heterocycles. The van der Waals surface area contributed by atoms with Crippen molar-refractivity contribution in [3.8, 4) is 5.88 Å². The molecule has 110 valence electrons. The van der Waals surface area contributed by atoms with Gasteiger partial charge in [0.1, 0.15) is 0 Å². The largest absolute Gasteiger partial charge is 0.480 e. The number of sulfonamides is 1. The Bertz CT molecular complexity index is 687. The first kappa shape index (κ1) is 14.8. The van der Waals surface area contributed by atoms with Crippen molar-refractivity contribution >= 4 is 27.4 Å². The lowest BCUT2D eigenvalue weighted by molar-refractivity contribution is 0.386. The van der Waals surface area contributed by atoms with Crippen LogP contribution in [0.3, 0.4) is 0 Å². The number of hydrogen-bond acceptors (Lipinski definition) is 8. The van der Waals surface area contributed by atoms with Crippen LogP contribution < -0.4 is 10.5 Å². The SMILES string of the molecule is COc1nscc1CN(C)S(=O)(=O)c1c(N)noc1C. The number of rotatable bonds is 5. The molecular weight excluding hydrogens is 304 g/mol. The minimum Gasteiger partial charge on any atom is -0.480 e. The van der Waals surface area contributed by atoms with Gasteiger partial charge in [0.25, 0.3) is 0 Å². The second-order valence-corrected chi connectivity index (χ2v) is 6.67. The topological polar surface area (TPSA) is 112 Å². The van der Waals surface area contributed by atoms with Crippen LogP contribution in [0.1, 0.15) is 11.3 Å². The normalized spacial score (nSPS) is 12.0. The summed E-state index contributed by atoms with van der Waals surface area (Å²) in [5.74, 6) is 0.418. The maximum atomic E-state index is 12.4. The molecule has 0 saturated heterocycles. The molecule has 0 fully saturated rings. The highest BCUT2D eigenvalue weighted by atomic mass is 32.2. The van der Waals surface area contributed by atoms with Crippen LogP contribution in [0.25, 0.3) is 0 Å². The minimum atomic E-state index is -3.78. The molecule has 10 heteroatoms. The number of nitrogens with zero attached hydrogens (tertiary/aromatic N) is 3. The molecule has 2 aromatic rings. The number of hydrogen-bond donors (Lipinski definition) is 1. The first-order chi connectivity index (χ1) is 9.37. The molecule has 2 N–H and O–H groups in total. The van der Waals surface area contributed by atoms with Gasteiger partial charge in [0, 0.05) is 24.5 Å². The average molecular weight is 318 g/mol. The molecule has 0 bridgehead atoms. The maximum absolute atomic E-state index is 12.4. The molecule has 0 aromatic carbocycles. The van der Waals surface area contributed by atoms with Crippen LogP contribution in [-0.2, 0) is 16.6 Å². The van der Waals surface area contributed by atoms with Crippen molar-refractivity contribution in [1.82, 2.24) is 13.8 Å². The van der Waals surface area contributed by atoms with Gasteiger partial charge >= 0.3 is 0 Å². The third kappa shape index (κ3) is 2.49. The maximum Gasteiger partial charge on any atom is 0.250 e. The molecule has 0 saturated carbocycles. The summed E-state index contributed by atoms with van der Waals surface area (Å²) in [6, 6.07) is 0. The lowest BCUT2D eigenvalue weighted by Crippen LogP contribution is -2.27. The number of ether oxygens (including phenoxy) is 1.